The Morgan fingerprint density at radius 1 is 1.08 bits per heavy atom. The molecule has 16 heteroatoms. The smallest absolute Gasteiger partial charge is 0.433 e. The van der Waals surface area contributed by atoms with Gasteiger partial charge in [-0.25, -0.2) is 20.0 Å². The Kier molecular flexibility index (Phi) is 8.60. The first kappa shape index (κ1) is 28.7. The number of halogens is 5. The molecule has 6 N–H and O–H groups in total. The number of alkyl carbamates (subject to hydrolysis) is 1. The maximum atomic E-state index is 13.9. The maximum absolute atomic E-state index is 13.9. The Morgan fingerprint density at radius 2 is 1.79 bits per heavy atom. The van der Waals surface area contributed by atoms with Gasteiger partial charge >= 0.3 is 12.3 Å². The van der Waals surface area contributed by atoms with Crippen molar-refractivity contribution in [3.05, 3.63) is 89.0 Å². The summed E-state index contributed by atoms with van der Waals surface area (Å²) in [6.07, 6.45) is -4.37. The van der Waals surface area contributed by atoms with Gasteiger partial charge < -0.3 is 15.8 Å². The molecule has 2 amide bonds. The molecular weight excluding hydrogens is 531 g/mol. The number of nitrogens with two attached hydrogens (primary N) is 2. The van der Waals surface area contributed by atoms with Crippen molar-refractivity contribution in [2.24, 2.45) is 11.6 Å². The number of rotatable bonds is 7. The summed E-state index contributed by atoms with van der Waals surface area (Å²) < 4.78 is 70.8. The van der Waals surface area contributed by atoms with E-state index < -0.39 is 41.7 Å². The molecule has 0 bridgehead atoms. The lowest BCUT2D eigenvalue weighted by Gasteiger charge is -2.21. The highest BCUT2D eigenvalue weighted by atomic mass is 19.4. The van der Waals surface area contributed by atoms with Crippen LogP contribution < -0.4 is 22.2 Å². The molecule has 0 saturated heterocycles. The van der Waals surface area contributed by atoms with Crippen molar-refractivity contribution in [1.82, 2.24) is 25.3 Å². The van der Waals surface area contributed by atoms with Gasteiger partial charge in [0.2, 0.25) is 5.95 Å². The predicted octanol–water partition coefficient (Wildman–Crippen LogP) is 3.30. The van der Waals surface area contributed by atoms with Crippen molar-refractivity contribution in [2.75, 3.05) is 12.4 Å². The molecule has 3 rings (SSSR count). The minimum atomic E-state index is -4.69. The summed E-state index contributed by atoms with van der Waals surface area (Å²) in [5, 5.41) is 5.51. The van der Waals surface area contributed by atoms with Gasteiger partial charge in [0.1, 0.15) is 23.3 Å². The molecule has 0 spiro atoms. The number of alkyl halides is 3. The number of pyridine rings is 3. The fourth-order valence-electron chi connectivity index (χ4n) is 3.09. The number of aromatic nitrogens is 3. The van der Waals surface area contributed by atoms with Gasteiger partial charge in [-0.2, -0.15) is 17.6 Å². The summed E-state index contributed by atoms with van der Waals surface area (Å²) in [5.41, 5.74) is 4.32. The van der Waals surface area contributed by atoms with Crippen LogP contribution >= 0.6 is 0 Å². The van der Waals surface area contributed by atoms with Crippen LogP contribution in [0.15, 0.2) is 54.7 Å². The van der Waals surface area contributed by atoms with E-state index >= 15 is 0 Å². The Labute approximate surface area is 217 Å². The van der Waals surface area contributed by atoms with Gasteiger partial charge in [-0.15, -0.1) is 0 Å². The fourth-order valence-corrected chi connectivity index (χ4v) is 3.09. The summed E-state index contributed by atoms with van der Waals surface area (Å²) in [7, 11) is 1.33. The Hall–Kier alpha value is -4.86. The third-order valence-corrected chi connectivity index (χ3v) is 4.99. The van der Waals surface area contributed by atoms with Crippen LogP contribution in [0.3, 0.4) is 0 Å². The van der Waals surface area contributed by atoms with E-state index in [1.54, 1.807) is 0 Å². The number of anilines is 1. The van der Waals surface area contributed by atoms with E-state index in [0.717, 1.165) is 23.5 Å². The van der Waals surface area contributed by atoms with E-state index in [2.05, 4.69) is 25.6 Å². The summed E-state index contributed by atoms with van der Waals surface area (Å²) in [5.74, 6) is 2.94. The number of ether oxygens (including phenoxy) is 1. The van der Waals surface area contributed by atoms with E-state index in [-0.39, 0.29) is 34.0 Å². The van der Waals surface area contributed by atoms with Crippen molar-refractivity contribution >= 4 is 23.4 Å². The molecule has 3 heterocycles. The lowest BCUT2D eigenvalue weighted by atomic mass is 10.2. The Balaban J connectivity index is 1.73. The SMILES string of the molecule is CC(OC(=O)N/C(=C(/N)c1ccc(C(=O)Nc2ccnc(C(F)(F)F)c2)cn1)N(C)N)c1cc(F)cnc1F. The van der Waals surface area contributed by atoms with Crippen LogP contribution in [-0.4, -0.2) is 39.0 Å². The summed E-state index contributed by atoms with van der Waals surface area (Å²) in [4.78, 5) is 35.3. The van der Waals surface area contributed by atoms with E-state index in [1.165, 1.54) is 32.2 Å². The molecule has 0 aliphatic heterocycles. The summed E-state index contributed by atoms with van der Waals surface area (Å²) >= 11 is 0. The standard InChI is InChI=1S/C23H21F5N8O3/c1-11(15-7-13(24)10-33-19(15)25)39-22(38)35-20(36(2)30)18(29)16-4-3-12(9-32-16)21(37)34-14-5-6-31-17(8-14)23(26,27)28/h3-11H,29-30H2,1-2H3,(H,35,38)(H,31,34,37)/b20-18-. The van der Waals surface area contributed by atoms with Crippen LogP contribution in [0.1, 0.15) is 40.3 Å². The number of amides is 2. The van der Waals surface area contributed by atoms with E-state index in [9.17, 15) is 31.5 Å². The van der Waals surface area contributed by atoms with Gasteiger partial charge in [0.15, 0.2) is 5.82 Å². The zero-order chi connectivity index (χ0) is 28.9. The average molecular weight is 552 g/mol. The average Bonchev–Trinajstić information content (AvgIpc) is 2.87. The number of nitrogens with one attached hydrogen (secondary N) is 2. The number of hydrogen-bond donors (Lipinski definition) is 4. The van der Waals surface area contributed by atoms with Gasteiger partial charge in [-0.05, 0) is 37.3 Å². The second-order valence-electron chi connectivity index (χ2n) is 7.89. The molecule has 3 aromatic heterocycles. The van der Waals surface area contributed by atoms with Crippen molar-refractivity contribution in [2.45, 2.75) is 19.2 Å². The first-order valence-corrected chi connectivity index (χ1v) is 10.8. The molecule has 3 aromatic rings. The third kappa shape index (κ3) is 7.35. The van der Waals surface area contributed by atoms with Gasteiger partial charge in [0.25, 0.3) is 5.91 Å². The molecule has 0 fully saturated rings. The highest BCUT2D eigenvalue weighted by molar-refractivity contribution is 6.04. The van der Waals surface area contributed by atoms with Gasteiger partial charge in [0, 0.05) is 25.1 Å². The van der Waals surface area contributed by atoms with E-state index in [1.807, 2.05) is 0 Å². The molecule has 0 aliphatic carbocycles. The Morgan fingerprint density at radius 3 is 2.41 bits per heavy atom. The highest BCUT2D eigenvalue weighted by Crippen LogP contribution is 2.29. The van der Waals surface area contributed by atoms with Crippen molar-refractivity contribution in [3.8, 4) is 0 Å². The first-order chi connectivity index (χ1) is 18.3. The molecule has 11 nitrogen and oxygen atoms in total. The van der Waals surface area contributed by atoms with Crippen LogP contribution in [0.5, 0.6) is 0 Å². The number of hydrazine groups is 1. The molecule has 0 radical (unpaired) electrons. The van der Waals surface area contributed by atoms with Gasteiger partial charge in [-0.1, -0.05) is 0 Å². The third-order valence-electron chi connectivity index (χ3n) is 4.99. The van der Waals surface area contributed by atoms with Gasteiger partial charge in [0.05, 0.1) is 23.0 Å². The zero-order valence-electron chi connectivity index (χ0n) is 20.3. The first-order valence-electron chi connectivity index (χ1n) is 10.8. The minimum Gasteiger partial charge on any atom is -0.441 e. The number of nitrogens with zero attached hydrogens (tertiary/aromatic N) is 4. The topological polar surface area (TPSA) is 161 Å². The molecular formula is C23H21F5N8O3. The molecule has 0 saturated carbocycles. The lowest BCUT2D eigenvalue weighted by molar-refractivity contribution is -0.141. The normalized spacial score (nSPS) is 12.7. The second-order valence-corrected chi connectivity index (χ2v) is 7.89. The lowest BCUT2D eigenvalue weighted by Crippen LogP contribution is -2.39. The van der Waals surface area contributed by atoms with Crippen LogP contribution in [0.2, 0.25) is 0 Å². The second kappa shape index (κ2) is 11.7. The minimum absolute atomic E-state index is 0.0218. The van der Waals surface area contributed by atoms with Gasteiger partial charge in [-0.3, -0.25) is 25.1 Å². The maximum Gasteiger partial charge on any atom is 0.433 e. The molecule has 1 atom stereocenters. The van der Waals surface area contributed by atoms with Crippen molar-refractivity contribution < 1.29 is 36.3 Å². The van der Waals surface area contributed by atoms with Crippen molar-refractivity contribution in [3.63, 3.8) is 0 Å². The molecule has 1 unspecified atom stereocenters. The van der Waals surface area contributed by atoms with Crippen LogP contribution in [0.25, 0.3) is 5.70 Å². The quantitative estimate of drug-likeness (QED) is 0.149. The predicted molar refractivity (Wildman–Crippen MR) is 127 cm³/mol. The monoisotopic (exact) mass is 552 g/mol. The number of carbonyl (C=O) groups is 2. The Bertz CT molecular complexity index is 1400. The van der Waals surface area contributed by atoms with Crippen molar-refractivity contribution in [1.29, 1.82) is 0 Å². The molecule has 0 aromatic carbocycles. The molecule has 0 aliphatic rings. The van der Waals surface area contributed by atoms with Crippen LogP contribution in [-0.2, 0) is 10.9 Å². The largest absolute Gasteiger partial charge is 0.441 e. The van der Waals surface area contributed by atoms with Crippen LogP contribution in [0.4, 0.5) is 32.4 Å². The van der Waals surface area contributed by atoms with E-state index in [4.69, 9.17) is 16.3 Å². The summed E-state index contributed by atoms with van der Waals surface area (Å²) in [6.45, 7) is 1.29. The molecule has 206 valence electrons. The van der Waals surface area contributed by atoms with E-state index in [0.29, 0.717) is 12.3 Å². The summed E-state index contributed by atoms with van der Waals surface area (Å²) in [6, 6.07) is 5.26. The number of hydrogen-bond acceptors (Lipinski definition) is 9. The molecule has 39 heavy (non-hydrogen) atoms. The number of carbonyl (C=O) groups excluding carboxylic acids is 2. The van der Waals surface area contributed by atoms with Crippen LogP contribution in [0, 0.1) is 11.8 Å². The highest BCUT2D eigenvalue weighted by Gasteiger charge is 2.32. The zero-order valence-corrected chi connectivity index (χ0v) is 20.3. The fraction of sp³-hybridized carbons (Fsp3) is 0.174.